The smallest absolute Gasteiger partial charge is 0.0192 e. The number of hydrogen-bond acceptors (Lipinski definition) is 2. The molecule has 0 aromatic heterocycles. The molecule has 1 heterocycles. The molecule has 0 aromatic carbocycles. The number of nitrogens with zero attached hydrogens (tertiary/aromatic N) is 1. The van der Waals surface area contributed by atoms with E-state index in [0.717, 1.165) is 12.1 Å². The zero-order chi connectivity index (χ0) is 12.5. The average molecular weight is 240 g/mol. The second kappa shape index (κ2) is 8.93. The molecule has 0 spiro atoms. The highest BCUT2D eigenvalue weighted by molar-refractivity contribution is 4.80. The lowest BCUT2D eigenvalue weighted by Gasteiger charge is -2.32. The SMILES string of the molecule is CCCCC(CCC)N1CCCNC(CC)C1. The Kier molecular flexibility index (Phi) is 7.87. The molecule has 1 saturated heterocycles. The maximum Gasteiger partial charge on any atom is 0.0192 e. The van der Waals surface area contributed by atoms with Gasteiger partial charge in [0.2, 0.25) is 0 Å². The predicted molar refractivity (Wildman–Crippen MR) is 76.5 cm³/mol. The van der Waals surface area contributed by atoms with Gasteiger partial charge in [-0.25, -0.2) is 0 Å². The van der Waals surface area contributed by atoms with Gasteiger partial charge in [0.25, 0.3) is 0 Å². The van der Waals surface area contributed by atoms with Crippen molar-refractivity contribution in [2.24, 2.45) is 0 Å². The van der Waals surface area contributed by atoms with Gasteiger partial charge in [0.15, 0.2) is 0 Å². The van der Waals surface area contributed by atoms with Gasteiger partial charge in [-0.05, 0) is 38.8 Å². The number of nitrogens with one attached hydrogen (secondary N) is 1. The molecule has 1 aliphatic rings. The Morgan fingerprint density at radius 1 is 1.18 bits per heavy atom. The van der Waals surface area contributed by atoms with Crippen LogP contribution in [0.1, 0.15) is 65.7 Å². The summed E-state index contributed by atoms with van der Waals surface area (Å²) in [5, 5.41) is 3.67. The maximum absolute atomic E-state index is 3.67. The minimum absolute atomic E-state index is 0.721. The van der Waals surface area contributed by atoms with Gasteiger partial charge >= 0.3 is 0 Å². The molecular formula is C15H32N2. The Morgan fingerprint density at radius 3 is 2.65 bits per heavy atom. The molecule has 2 atom stereocenters. The summed E-state index contributed by atoms with van der Waals surface area (Å²) in [6.07, 6.45) is 9.44. The van der Waals surface area contributed by atoms with Crippen molar-refractivity contribution < 1.29 is 0 Å². The van der Waals surface area contributed by atoms with Gasteiger partial charge in [0, 0.05) is 18.6 Å². The first-order valence-electron chi connectivity index (χ1n) is 7.79. The van der Waals surface area contributed by atoms with Crippen LogP contribution in [-0.4, -0.2) is 36.6 Å². The molecule has 1 aliphatic heterocycles. The summed E-state index contributed by atoms with van der Waals surface area (Å²) in [4.78, 5) is 2.77. The largest absolute Gasteiger partial charge is 0.313 e. The van der Waals surface area contributed by atoms with Gasteiger partial charge in [0.05, 0.1) is 0 Å². The van der Waals surface area contributed by atoms with E-state index >= 15 is 0 Å². The summed E-state index contributed by atoms with van der Waals surface area (Å²) in [6, 6.07) is 1.56. The minimum atomic E-state index is 0.721. The summed E-state index contributed by atoms with van der Waals surface area (Å²) in [7, 11) is 0. The molecular weight excluding hydrogens is 208 g/mol. The highest BCUT2D eigenvalue weighted by Gasteiger charge is 2.22. The van der Waals surface area contributed by atoms with Crippen LogP contribution in [0, 0.1) is 0 Å². The van der Waals surface area contributed by atoms with E-state index in [1.54, 1.807) is 0 Å². The van der Waals surface area contributed by atoms with E-state index in [2.05, 4.69) is 31.0 Å². The lowest BCUT2D eigenvalue weighted by atomic mass is 10.0. The standard InChI is InChI=1S/C15H32N2/c1-4-7-10-15(9-5-2)17-12-8-11-16-14(6-3)13-17/h14-16H,4-13H2,1-3H3. The van der Waals surface area contributed by atoms with Crippen LogP contribution >= 0.6 is 0 Å². The molecule has 0 aromatic rings. The summed E-state index contributed by atoms with van der Waals surface area (Å²) in [6.45, 7) is 10.7. The molecule has 1 rings (SSSR count). The normalized spacial score (nSPS) is 24.5. The van der Waals surface area contributed by atoms with E-state index in [0.29, 0.717) is 0 Å². The van der Waals surface area contributed by atoms with Crippen molar-refractivity contribution in [1.29, 1.82) is 0 Å². The van der Waals surface area contributed by atoms with Gasteiger partial charge in [-0.1, -0.05) is 40.0 Å². The fraction of sp³-hybridized carbons (Fsp3) is 1.00. The maximum atomic E-state index is 3.67. The molecule has 102 valence electrons. The second-order valence-electron chi connectivity index (χ2n) is 5.49. The molecule has 0 radical (unpaired) electrons. The Labute approximate surface area is 108 Å². The third-order valence-electron chi connectivity index (χ3n) is 4.03. The molecule has 0 aliphatic carbocycles. The van der Waals surface area contributed by atoms with Crippen molar-refractivity contribution in [1.82, 2.24) is 10.2 Å². The van der Waals surface area contributed by atoms with Crippen LogP contribution in [0.3, 0.4) is 0 Å². The topological polar surface area (TPSA) is 15.3 Å². The monoisotopic (exact) mass is 240 g/mol. The molecule has 2 heteroatoms. The number of unbranched alkanes of at least 4 members (excludes halogenated alkanes) is 1. The predicted octanol–water partition coefficient (Wildman–Crippen LogP) is 3.42. The summed E-state index contributed by atoms with van der Waals surface area (Å²) < 4.78 is 0. The van der Waals surface area contributed by atoms with Crippen LogP contribution in [0.5, 0.6) is 0 Å². The summed E-state index contributed by atoms with van der Waals surface area (Å²) in [5.74, 6) is 0. The summed E-state index contributed by atoms with van der Waals surface area (Å²) >= 11 is 0. The first-order chi connectivity index (χ1) is 8.31. The first-order valence-corrected chi connectivity index (χ1v) is 7.79. The molecule has 0 bridgehead atoms. The van der Waals surface area contributed by atoms with E-state index in [1.165, 1.54) is 64.6 Å². The highest BCUT2D eigenvalue weighted by atomic mass is 15.2. The third kappa shape index (κ3) is 5.39. The van der Waals surface area contributed by atoms with Crippen LogP contribution in [0.2, 0.25) is 0 Å². The van der Waals surface area contributed by atoms with Crippen molar-refractivity contribution in [2.75, 3.05) is 19.6 Å². The average Bonchev–Trinajstić information content (AvgIpc) is 2.59. The van der Waals surface area contributed by atoms with Gasteiger partial charge in [-0.3, -0.25) is 4.90 Å². The highest BCUT2D eigenvalue weighted by Crippen LogP contribution is 2.17. The molecule has 1 fully saturated rings. The molecule has 2 unspecified atom stereocenters. The van der Waals surface area contributed by atoms with E-state index in [9.17, 15) is 0 Å². The minimum Gasteiger partial charge on any atom is -0.313 e. The zero-order valence-corrected chi connectivity index (χ0v) is 12.2. The van der Waals surface area contributed by atoms with Crippen LogP contribution in [0.15, 0.2) is 0 Å². The second-order valence-corrected chi connectivity index (χ2v) is 5.49. The van der Waals surface area contributed by atoms with Crippen LogP contribution in [-0.2, 0) is 0 Å². The molecule has 2 nitrogen and oxygen atoms in total. The Balaban J connectivity index is 2.50. The number of hydrogen-bond donors (Lipinski definition) is 1. The fourth-order valence-corrected chi connectivity index (χ4v) is 2.91. The van der Waals surface area contributed by atoms with Crippen molar-refractivity contribution in [3.8, 4) is 0 Å². The van der Waals surface area contributed by atoms with Crippen LogP contribution in [0.4, 0.5) is 0 Å². The zero-order valence-electron chi connectivity index (χ0n) is 12.2. The van der Waals surface area contributed by atoms with Gasteiger partial charge in [-0.2, -0.15) is 0 Å². The third-order valence-corrected chi connectivity index (χ3v) is 4.03. The van der Waals surface area contributed by atoms with Gasteiger partial charge in [0.1, 0.15) is 0 Å². The van der Waals surface area contributed by atoms with Crippen molar-refractivity contribution >= 4 is 0 Å². The summed E-state index contributed by atoms with van der Waals surface area (Å²) in [5.41, 5.74) is 0. The molecule has 17 heavy (non-hydrogen) atoms. The Morgan fingerprint density at radius 2 is 2.00 bits per heavy atom. The van der Waals surface area contributed by atoms with Crippen LogP contribution < -0.4 is 5.32 Å². The van der Waals surface area contributed by atoms with Gasteiger partial charge in [-0.15, -0.1) is 0 Å². The molecule has 1 N–H and O–H groups in total. The van der Waals surface area contributed by atoms with E-state index in [-0.39, 0.29) is 0 Å². The first kappa shape index (κ1) is 15.0. The number of rotatable bonds is 7. The Hall–Kier alpha value is -0.0800. The van der Waals surface area contributed by atoms with Crippen molar-refractivity contribution in [2.45, 2.75) is 77.8 Å². The van der Waals surface area contributed by atoms with Gasteiger partial charge < -0.3 is 5.32 Å². The quantitative estimate of drug-likeness (QED) is 0.733. The fourth-order valence-electron chi connectivity index (χ4n) is 2.91. The van der Waals surface area contributed by atoms with E-state index in [4.69, 9.17) is 0 Å². The van der Waals surface area contributed by atoms with E-state index < -0.39 is 0 Å². The lowest BCUT2D eigenvalue weighted by Crippen LogP contribution is -2.42. The lowest BCUT2D eigenvalue weighted by molar-refractivity contribution is 0.169. The van der Waals surface area contributed by atoms with Crippen molar-refractivity contribution in [3.05, 3.63) is 0 Å². The van der Waals surface area contributed by atoms with Crippen molar-refractivity contribution in [3.63, 3.8) is 0 Å². The van der Waals surface area contributed by atoms with Crippen LogP contribution in [0.25, 0.3) is 0 Å². The van der Waals surface area contributed by atoms with E-state index in [1.807, 2.05) is 0 Å². The molecule has 0 saturated carbocycles. The Bertz CT molecular complexity index is 182. The molecule has 0 amide bonds.